The SMILES string of the molecule is CCCC1=C(CCC)C(C(=O)O)(C(=O)O)c2ccc(CC)c(CC)c21. The fourth-order valence-corrected chi connectivity index (χ4v) is 4.32. The van der Waals surface area contributed by atoms with E-state index in [0.717, 1.165) is 42.4 Å². The fraction of sp³-hybridized carbons (Fsp3) is 0.524. The first-order valence-corrected chi connectivity index (χ1v) is 9.26. The number of allylic oxidation sites excluding steroid dienone is 1. The summed E-state index contributed by atoms with van der Waals surface area (Å²) in [6, 6.07) is 3.66. The minimum absolute atomic E-state index is 0.452. The van der Waals surface area contributed by atoms with Crippen molar-refractivity contribution in [3.05, 3.63) is 40.0 Å². The molecule has 1 aliphatic rings. The molecule has 1 aliphatic carbocycles. The van der Waals surface area contributed by atoms with Gasteiger partial charge in [-0.3, -0.25) is 9.59 Å². The van der Waals surface area contributed by atoms with Crippen LogP contribution in [0.15, 0.2) is 17.7 Å². The predicted molar refractivity (Wildman–Crippen MR) is 98.9 cm³/mol. The molecule has 0 heterocycles. The van der Waals surface area contributed by atoms with Crippen molar-refractivity contribution in [3.63, 3.8) is 0 Å². The molecule has 4 heteroatoms. The summed E-state index contributed by atoms with van der Waals surface area (Å²) >= 11 is 0. The van der Waals surface area contributed by atoms with E-state index in [-0.39, 0.29) is 0 Å². The Kier molecular flexibility index (Phi) is 5.71. The summed E-state index contributed by atoms with van der Waals surface area (Å²) in [6.45, 7) is 8.15. The van der Waals surface area contributed by atoms with Gasteiger partial charge in [0.1, 0.15) is 0 Å². The molecule has 0 aliphatic heterocycles. The van der Waals surface area contributed by atoms with Crippen molar-refractivity contribution in [2.75, 3.05) is 0 Å². The van der Waals surface area contributed by atoms with E-state index in [9.17, 15) is 19.8 Å². The molecule has 2 N–H and O–H groups in total. The third-order valence-electron chi connectivity index (χ3n) is 5.31. The van der Waals surface area contributed by atoms with Crippen LogP contribution in [0.1, 0.15) is 75.6 Å². The van der Waals surface area contributed by atoms with Gasteiger partial charge in [0.05, 0.1) is 0 Å². The molecule has 25 heavy (non-hydrogen) atoms. The first-order valence-electron chi connectivity index (χ1n) is 9.26. The molecular formula is C21H28O4. The number of hydrogen-bond acceptors (Lipinski definition) is 2. The number of hydrogen-bond donors (Lipinski definition) is 2. The summed E-state index contributed by atoms with van der Waals surface area (Å²) < 4.78 is 0. The van der Waals surface area contributed by atoms with E-state index in [2.05, 4.69) is 13.8 Å². The van der Waals surface area contributed by atoms with Gasteiger partial charge in [0.2, 0.25) is 5.41 Å². The summed E-state index contributed by atoms with van der Waals surface area (Å²) in [5.41, 5.74) is 3.24. The van der Waals surface area contributed by atoms with Gasteiger partial charge in [-0.05, 0) is 59.1 Å². The highest BCUT2D eigenvalue weighted by Crippen LogP contribution is 2.52. The van der Waals surface area contributed by atoms with Gasteiger partial charge in [0.25, 0.3) is 0 Å². The number of fused-ring (bicyclic) bond motifs is 1. The maximum atomic E-state index is 12.3. The Bertz CT molecular complexity index is 714. The molecule has 0 amide bonds. The third kappa shape index (κ3) is 2.68. The molecule has 1 aromatic carbocycles. The number of rotatable bonds is 8. The normalized spacial score (nSPS) is 15.4. The molecule has 0 unspecified atom stereocenters. The molecule has 0 fully saturated rings. The molecule has 136 valence electrons. The van der Waals surface area contributed by atoms with Gasteiger partial charge in [-0.25, -0.2) is 0 Å². The second-order valence-electron chi connectivity index (χ2n) is 6.65. The average molecular weight is 344 g/mol. The quantitative estimate of drug-likeness (QED) is 0.677. The zero-order valence-corrected chi connectivity index (χ0v) is 15.6. The van der Waals surface area contributed by atoms with E-state index >= 15 is 0 Å². The largest absolute Gasteiger partial charge is 0.480 e. The van der Waals surface area contributed by atoms with Gasteiger partial charge in [0.15, 0.2) is 0 Å². The van der Waals surface area contributed by atoms with Crippen LogP contribution in [0.2, 0.25) is 0 Å². The van der Waals surface area contributed by atoms with Crippen LogP contribution in [-0.4, -0.2) is 22.2 Å². The summed E-state index contributed by atoms with van der Waals surface area (Å²) in [7, 11) is 0. The Hall–Kier alpha value is -2.10. The highest BCUT2D eigenvalue weighted by Gasteiger charge is 2.57. The van der Waals surface area contributed by atoms with Crippen LogP contribution in [0, 0.1) is 0 Å². The van der Waals surface area contributed by atoms with Gasteiger partial charge < -0.3 is 10.2 Å². The van der Waals surface area contributed by atoms with Gasteiger partial charge in [0, 0.05) is 0 Å². The van der Waals surface area contributed by atoms with E-state index in [1.807, 2.05) is 19.9 Å². The minimum Gasteiger partial charge on any atom is -0.480 e. The van der Waals surface area contributed by atoms with Crippen molar-refractivity contribution in [3.8, 4) is 0 Å². The number of carboxylic acids is 2. The summed E-state index contributed by atoms with van der Waals surface area (Å²) in [6.07, 6.45) is 4.41. The molecular weight excluding hydrogens is 316 g/mol. The Labute approximate surface area is 149 Å². The zero-order chi connectivity index (χ0) is 18.8. The third-order valence-corrected chi connectivity index (χ3v) is 5.31. The standard InChI is InChI=1S/C21H28O4/c1-5-9-15-16(10-6-2)21(19(22)23,20(24)25)17-12-11-13(7-3)14(8-4)18(15)17/h11-12H,5-10H2,1-4H3,(H,22,23)(H,24,25). The van der Waals surface area contributed by atoms with E-state index in [1.54, 1.807) is 6.07 Å². The summed E-state index contributed by atoms with van der Waals surface area (Å²) in [5.74, 6) is -2.55. The van der Waals surface area contributed by atoms with Gasteiger partial charge in [-0.2, -0.15) is 0 Å². The average Bonchev–Trinajstić information content (AvgIpc) is 2.85. The van der Waals surface area contributed by atoms with Crippen LogP contribution in [0.25, 0.3) is 5.57 Å². The van der Waals surface area contributed by atoms with Crippen molar-refractivity contribution in [1.82, 2.24) is 0 Å². The van der Waals surface area contributed by atoms with Crippen molar-refractivity contribution in [1.29, 1.82) is 0 Å². The lowest BCUT2D eigenvalue weighted by Crippen LogP contribution is -2.44. The van der Waals surface area contributed by atoms with Crippen LogP contribution < -0.4 is 0 Å². The molecule has 2 rings (SSSR count). The molecule has 0 saturated carbocycles. The molecule has 1 aromatic rings. The lowest BCUT2D eigenvalue weighted by atomic mass is 9.75. The molecule has 0 bridgehead atoms. The van der Waals surface area contributed by atoms with Crippen LogP contribution >= 0.6 is 0 Å². The van der Waals surface area contributed by atoms with Gasteiger partial charge >= 0.3 is 11.9 Å². The first-order chi connectivity index (χ1) is 11.9. The molecule has 0 aromatic heterocycles. The smallest absolute Gasteiger partial charge is 0.329 e. The van der Waals surface area contributed by atoms with Crippen LogP contribution in [0.3, 0.4) is 0 Å². The van der Waals surface area contributed by atoms with E-state index in [4.69, 9.17) is 0 Å². The topological polar surface area (TPSA) is 74.6 Å². The van der Waals surface area contributed by atoms with E-state index < -0.39 is 17.4 Å². The predicted octanol–water partition coefficient (Wildman–Crippen LogP) is 4.59. The van der Waals surface area contributed by atoms with E-state index in [1.165, 1.54) is 5.56 Å². The van der Waals surface area contributed by atoms with Crippen molar-refractivity contribution in [2.24, 2.45) is 0 Å². The van der Waals surface area contributed by atoms with Crippen molar-refractivity contribution in [2.45, 2.75) is 71.6 Å². The zero-order valence-electron chi connectivity index (χ0n) is 15.6. The molecule has 0 saturated heterocycles. The van der Waals surface area contributed by atoms with Crippen LogP contribution in [0.5, 0.6) is 0 Å². The van der Waals surface area contributed by atoms with Gasteiger partial charge in [-0.1, -0.05) is 52.7 Å². The lowest BCUT2D eigenvalue weighted by Gasteiger charge is -2.25. The van der Waals surface area contributed by atoms with E-state index in [0.29, 0.717) is 24.0 Å². The summed E-state index contributed by atoms with van der Waals surface area (Å²) in [5, 5.41) is 20.1. The number of aryl methyl sites for hydroxylation is 1. The molecule has 0 spiro atoms. The van der Waals surface area contributed by atoms with Crippen LogP contribution in [-0.2, 0) is 27.8 Å². The monoisotopic (exact) mass is 344 g/mol. The first kappa shape index (κ1) is 19.2. The second-order valence-corrected chi connectivity index (χ2v) is 6.65. The number of aliphatic carboxylic acids is 2. The van der Waals surface area contributed by atoms with Crippen LogP contribution in [0.4, 0.5) is 0 Å². The fourth-order valence-electron chi connectivity index (χ4n) is 4.32. The Morgan fingerprint density at radius 3 is 1.96 bits per heavy atom. The van der Waals surface area contributed by atoms with Crippen molar-refractivity contribution < 1.29 is 19.8 Å². The minimum atomic E-state index is -1.94. The molecule has 0 atom stereocenters. The number of benzene rings is 1. The highest BCUT2D eigenvalue weighted by atomic mass is 16.4. The Morgan fingerprint density at radius 2 is 1.52 bits per heavy atom. The van der Waals surface area contributed by atoms with Crippen molar-refractivity contribution >= 4 is 17.5 Å². The summed E-state index contributed by atoms with van der Waals surface area (Å²) in [4.78, 5) is 24.6. The van der Waals surface area contributed by atoms with Gasteiger partial charge in [-0.15, -0.1) is 0 Å². The number of carboxylic acid groups (broad SMARTS) is 2. The second kappa shape index (κ2) is 7.42. The lowest BCUT2D eigenvalue weighted by molar-refractivity contribution is -0.155. The Morgan fingerprint density at radius 1 is 0.920 bits per heavy atom. The maximum absolute atomic E-state index is 12.3. The molecule has 4 nitrogen and oxygen atoms in total. The Balaban J connectivity index is 2.98. The maximum Gasteiger partial charge on any atom is 0.329 e. The highest BCUT2D eigenvalue weighted by molar-refractivity contribution is 6.14. The number of carbonyl (C=O) groups is 2. The molecule has 0 radical (unpaired) electrons.